The Kier molecular flexibility index (Phi) is 5.29. The number of anilines is 1. The highest BCUT2D eigenvalue weighted by Gasteiger charge is 2.35. The number of amides is 2. The maximum atomic E-state index is 12.5. The van der Waals surface area contributed by atoms with E-state index in [-0.39, 0.29) is 30.7 Å². The lowest BCUT2D eigenvalue weighted by molar-refractivity contribution is -0.126. The Morgan fingerprint density at radius 2 is 2.03 bits per heavy atom. The van der Waals surface area contributed by atoms with Crippen LogP contribution in [0.5, 0.6) is 5.75 Å². The number of hydrogen-bond acceptors (Lipinski definition) is 5. The van der Waals surface area contributed by atoms with E-state index in [1.54, 1.807) is 18.1 Å². The van der Waals surface area contributed by atoms with Gasteiger partial charge in [0.2, 0.25) is 11.8 Å². The minimum atomic E-state index is -0.382. The molecule has 4 rings (SSSR count). The Morgan fingerprint density at radius 3 is 2.83 bits per heavy atom. The third-order valence-electron chi connectivity index (χ3n) is 4.92. The average Bonchev–Trinajstić information content (AvgIpc) is 3.39. The summed E-state index contributed by atoms with van der Waals surface area (Å²) in [6, 6.07) is 18.6. The fourth-order valence-corrected chi connectivity index (χ4v) is 3.37. The number of carbonyl (C=O) groups excluding carboxylic acids is 2. The molecular formula is C22H21N3O4. The minimum Gasteiger partial charge on any atom is -0.497 e. The molecule has 0 unspecified atom stereocenters. The molecule has 0 spiro atoms. The number of aromatic nitrogens is 1. The lowest BCUT2D eigenvalue weighted by Gasteiger charge is -2.16. The Bertz CT molecular complexity index is 1020. The summed E-state index contributed by atoms with van der Waals surface area (Å²) >= 11 is 0. The fourth-order valence-electron chi connectivity index (χ4n) is 3.37. The van der Waals surface area contributed by atoms with Gasteiger partial charge in [-0.15, -0.1) is 0 Å². The van der Waals surface area contributed by atoms with E-state index in [0.29, 0.717) is 18.0 Å². The second-order valence-electron chi connectivity index (χ2n) is 6.87. The van der Waals surface area contributed by atoms with Crippen LogP contribution in [-0.4, -0.2) is 30.6 Å². The predicted molar refractivity (Wildman–Crippen MR) is 107 cm³/mol. The van der Waals surface area contributed by atoms with Crippen molar-refractivity contribution in [3.63, 3.8) is 0 Å². The third-order valence-corrected chi connectivity index (χ3v) is 4.92. The van der Waals surface area contributed by atoms with Crippen LogP contribution in [0.1, 0.15) is 12.1 Å². The molecular weight excluding hydrogens is 370 g/mol. The number of para-hydroxylation sites is 1. The second-order valence-corrected chi connectivity index (χ2v) is 6.87. The molecule has 7 nitrogen and oxygen atoms in total. The molecule has 1 aromatic heterocycles. The summed E-state index contributed by atoms with van der Waals surface area (Å²) in [6.45, 7) is 0.616. The largest absolute Gasteiger partial charge is 0.497 e. The lowest BCUT2D eigenvalue weighted by atomic mass is 10.1. The molecule has 1 aliphatic heterocycles. The van der Waals surface area contributed by atoms with Crippen LogP contribution in [0.15, 0.2) is 65.2 Å². The highest BCUT2D eigenvalue weighted by atomic mass is 16.5. The average molecular weight is 391 g/mol. The molecule has 1 N–H and O–H groups in total. The smallest absolute Gasteiger partial charge is 0.227 e. The molecule has 0 bridgehead atoms. The molecule has 148 valence electrons. The second kappa shape index (κ2) is 8.18. The van der Waals surface area contributed by atoms with Gasteiger partial charge in [0.05, 0.1) is 19.6 Å². The Labute approximate surface area is 168 Å². The molecule has 1 atom stereocenters. The molecule has 1 aliphatic rings. The summed E-state index contributed by atoms with van der Waals surface area (Å²) in [6.07, 6.45) is 0.203. The Balaban J connectivity index is 1.36. The maximum Gasteiger partial charge on any atom is 0.227 e. The van der Waals surface area contributed by atoms with E-state index in [0.717, 1.165) is 17.0 Å². The minimum absolute atomic E-state index is 0.0434. The van der Waals surface area contributed by atoms with Crippen LogP contribution in [0.4, 0.5) is 5.69 Å². The van der Waals surface area contributed by atoms with Crippen molar-refractivity contribution in [1.29, 1.82) is 0 Å². The monoisotopic (exact) mass is 391 g/mol. The third kappa shape index (κ3) is 4.13. The molecule has 2 amide bonds. The van der Waals surface area contributed by atoms with Gasteiger partial charge >= 0.3 is 0 Å². The predicted octanol–water partition coefficient (Wildman–Crippen LogP) is 3.02. The van der Waals surface area contributed by atoms with Gasteiger partial charge in [0.15, 0.2) is 5.76 Å². The number of benzene rings is 2. The first-order valence-electron chi connectivity index (χ1n) is 9.37. The summed E-state index contributed by atoms with van der Waals surface area (Å²) in [7, 11) is 1.60. The summed E-state index contributed by atoms with van der Waals surface area (Å²) in [4.78, 5) is 26.5. The summed E-state index contributed by atoms with van der Waals surface area (Å²) < 4.78 is 10.6. The zero-order valence-corrected chi connectivity index (χ0v) is 16.0. The number of nitrogens with one attached hydrogen (secondary N) is 1. The lowest BCUT2D eigenvalue weighted by Crippen LogP contribution is -2.32. The van der Waals surface area contributed by atoms with Crippen LogP contribution >= 0.6 is 0 Å². The summed E-state index contributed by atoms with van der Waals surface area (Å²) in [5.74, 6) is 0.732. The first-order valence-corrected chi connectivity index (χ1v) is 9.37. The molecule has 1 saturated heterocycles. The van der Waals surface area contributed by atoms with Crippen molar-refractivity contribution in [3.8, 4) is 17.1 Å². The molecule has 1 fully saturated rings. The molecule has 0 aliphatic carbocycles. The van der Waals surface area contributed by atoms with E-state index in [1.165, 1.54) is 0 Å². The molecule has 2 aromatic carbocycles. The number of nitrogens with zero attached hydrogens (tertiary/aromatic N) is 2. The van der Waals surface area contributed by atoms with Gasteiger partial charge < -0.3 is 19.5 Å². The Morgan fingerprint density at radius 1 is 1.21 bits per heavy atom. The van der Waals surface area contributed by atoms with E-state index in [9.17, 15) is 9.59 Å². The number of carbonyl (C=O) groups is 2. The van der Waals surface area contributed by atoms with Crippen molar-refractivity contribution < 1.29 is 18.8 Å². The van der Waals surface area contributed by atoms with Crippen LogP contribution < -0.4 is 15.0 Å². The van der Waals surface area contributed by atoms with Gasteiger partial charge in [-0.3, -0.25) is 9.59 Å². The highest BCUT2D eigenvalue weighted by molar-refractivity contribution is 6.00. The van der Waals surface area contributed by atoms with Crippen LogP contribution in [0, 0.1) is 5.92 Å². The molecule has 0 radical (unpaired) electrons. The van der Waals surface area contributed by atoms with Crippen molar-refractivity contribution >= 4 is 17.5 Å². The molecule has 0 saturated carbocycles. The van der Waals surface area contributed by atoms with Crippen molar-refractivity contribution in [2.45, 2.75) is 13.0 Å². The van der Waals surface area contributed by atoms with Gasteiger partial charge in [-0.05, 0) is 24.3 Å². The van der Waals surface area contributed by atoms with Crippen LogP contribution in [0.2, 0.25) is 0 Å². The summed E-state index contributed by atoms with van der Waals surface area (Å²) in [5.41, 5.74) is 2.27. The normalized spacial score (nSPS) is 16.1. The SMILES string of the molecule is COc1cccc(-c2cc(CNC(=O)[C@@H]3CC(=O)N(c4ccccc4)C3)no2)c1. The van der Waals surface area contributed by atoms with Gasteiger partial charge in [0.1, 0.15) is 11.4 Å². The maximum absolute atomic E-state index is 12.5. The molecule has 29 heavy (non-hydrogen) atoms. The van der Waals surface area contributed by atoms with Gasteiger partial charge in [-0.25, -0.2) is 0 Å². The van der Waals surface area contributed by atoms with E-state index in [1.807, 2.05) is 54.6 Å². The van der Waals surface area contributed by atoms with E-state index < -0.39 is 0 Å². The van der Waals surface area contributed by atoms with E-state index in [4.69, 9.17) is 9.26 Å². The number of methoxy groups -OCH3 is 1. The van der Waals surface area contributed by atoms with E-state index >= 15 is 0 Å². The molecule has 2 heterocycles. The van der Waals surface area contributed by atoms with Gasteiger partial charge in [-0.2, -0.15) is 0 Å². The van der Waals surface area contributed by atoms with Crippen molar-refractivity contribution in [1.82, 2.24) is 10.5 Å². The number of hydrogen-bond donors (Lipinski definition) is 1. The standard InChI is InChI=1S/C22H21N3O4/c1-28-19-9-5-6-15(10-19)20-12-17(24-29-20)13-23-22(27)16-11-21(26)25(14-16)18-7-3-2-4-8-18/h2-10,12,16H,11,13-14H2,1H3,(H,23,27)/t16-/m1/s1. The fraction of sp³-hybridized carbons (Fsp3) is 0.227. The van der Waals surface area contributed by atoms with Gasteiger partial charge in [-0.1, -0.05) is 35.5 Å². The molecule has 3 aromatic rings. The zero-order chi connectivity index (χ0) is 20.2. The first kappa shape index (κ1) is 18.7. The molecule has 7 heteroatoms. The quantitative estimate of drug-likeness (QED) is 0.698. The van der Waals surface area contributed by atoms with Crippen molar-refractivity contribution in [3.05, 3.63) is 66.4 Å². The summed E-state index contributed by atoms with van der Waals surface area (Å²) in [5, 5.41) is 6.87. The Hall–Kier alpha value is -3.61. The van der Waals surface area contributed by atoms with Crippen molar-refractivity contribution in [2.24, 2.45) is 5.92 Å². The first-order chi connectivity index (χ1) is 14.1. The van der Waals surface area contributed by atoms with Crippen LogP contribution in [0.25, 0.3) is 11.3 Å². The van der Waals surface area contributed by atoms with Gasteiger partial charge in [0.25, 0.3) is 0 Å². The van der Waals surface area contributed by atoms with Gasteiger partial charge in [0, 0.05) is 30.3 Å². The number of ether oxygens (including phenoxy) is 1. The topological polar surface area (TPSA) is 84.7 Å². The van der Waals surface area contributed by atoms with Crippen molar-refractivity contribution in [2.75, 3.05) is 18.6 Å². The zero-order valence-electron chi connectivity index (χ0n) is 16.0. The highest BCUT2D eigenvalue weighted by Crippen LogP contribution is 2.26. The number of rotatable bonds is 6. The van der Waals surface area contributed by atoms with Crippen LogP contribution in [-0.2, 0) is 16.1 Å². The van der Waals surface area contributed by atoms with E-state index in [2.05, 4.69) is 10.5 Å². The van der Waals surface area contributed by atoms with Crippen LogP contribution in [0.3, 0.4) is 0 Å².